The van der Waals surface area contributed by atoms with Gasteiger partial charge < -0.3 is 4.42 Å². The molecule has 0 radical (unpaired) electrons. The first-order chi connectivity index (χ1) is 9.09. The summed E-state index contributed by atoms with van der Waals surface area (Å²) >= 11 is 2.89. The third kappa shape index (κ3) is 3.03. The Labute approximate surface area is 122 Å². The van der Waals surface area contributed by atoms with Crippen LogP contribution in [0, 0.1) is 0 Å². The van der Waals surface area contributed by atoms with Crippen molar-refractivity contribution in [2.75, 3.05) is 0 Å². The Balaban J connectivity index is 2.47. The van der Waals surface area contributed by atoms with Crippen LogP contribution in [0.4, 0.5) is 13.2 Å². The molecule has 3 nitrogen and oxygen atoms in total. The third-order valence-corrected chi connectivity index (χ3v) is 3.28. The second-order valence-corrected chi connectivity index (χ2v) is 6.21. The zero-order valence-electron chi connectivity index (χ0n) is 11.0. The second-order valence-electron chi connectivity index (χ2n) is 5.35. The second kappa shape index (κ2) is 4.87. The summed E-state index contributed by atoms with van der Waals surface area (Å²) in [5, 5.41) is 7.67. The molecule has 1 aromatic heterocycles. The summed E-state index contributed by atoms with van der Waals surface area (Å²) in [6.45, 7) is 5.65. The number of hydrogen-bond donors (Lipinski definition) is 0. The largest absolute Gasteiger partial charge is 0.420 e. The maximum atomic E-state index is 12.8. The van der Waals surface area contributed by atoms with E-state index in [9.17, 15) is 13.2 Å². The summed E-state index contributed by atoms with van der Waals surface area (Å²) in [5.74, 6) is 0.455. The Kier molecular flexibility index (Phi) is 3.66. The minimum atomic E-state index is -4.44. The minimum absolute atomic E-state index is 0.0238. The summed E-state index contributed by atoms with van der Waals surface area (Å²) in [4.78, 5) is 0. The van der Waals surface area contributed by atoms with E-state index in [1.165, 1.54) is 12.1 Å². The number of rotatable bonds is 1. The van der Waals surface area contributed by atoms with E-state index in [-0.39, 0.29) is 21.3 Å². The van der Waals surface area contributed by atoms with Gasteiger partial charge in [0.1, 0.15) is 0 Å². The molecule has 0 saturated carbocycles. The Bertz CT molecular complexity index is 629. The van der Waals surface area contributed by atoms with Crippen LogP contribution in [0.25, 0.3) is 11.5 Å². The van der Waals surface area contributed by atoms with Crippen LogP contribution >= 0.6 is 15.9 Å². The van der Waals surface area contributed by atoms with Gasteiger partial charge in [0.25, 0.3) is 0 Å². The summed E-state index contributed by atoms with van der Waals surface area (Å²) in [6, 6.07) is 3.81. The van der Waals surface area contributed by atoms with Gasteiger partial charge in [0.05, 0.1) is 5.56 Å². The Hall–Kier alpha value is -1.37. The van der Waals surface area contributed by atoms with Gasteiger partial charge in [-0.2, -0.15) is 13.2 Å². The molecule has 0 atom stereocenters. The van der Waals surface area contributed by atoms with Crippen molar-refractivity contribution in [3.8, 4) is 11.5 Å². The number of nitrogens with zero attached hydrogens (tertiary/aromatic N) is 2. The molecule has 20 heavy (non-hydrogen) atoms. The van der Waals surface area contributed by atoms with Crippen LogP contribution in [0.1, 0.15) is 32.2 Å². The van der Waals surface area contributed by atoms with E-state index in [1.54, 1.807) is 0 Å². The molecule has 2 aromatic rings. The molecule has 0 fully saturated rings. The average molecular weight is 349 g/mol. The van der Waals surface area contributed by atoms with Crippen molar-refractivity contribution in [1.29, 1.82) is 0 Å². The molecule has 0 amide bonds. The van der Waals surface area contributed by atoms with Gasteiger partial charge in [-0.3, -0.25) is 0 Å². The van der Waals surface area contributed by atoms with Gasteiger partial charge in [-0.05, 0) is 18.2 Å². The molecule has 7 heteroatoms. The van der Waals surface area contributed by atoms with Crippen LogP contribution in [0.5, 0.6) is 0 Å². The molecule has 0 aliphatic rings. The Morgan fingerprint density at radius 2 is 1.75 bits per heavy atom. The fourth-order valence-electron chi connectivity index (χ4n) is 1.52. The number of halogens is 4. The lowest BCUT2D eigenvalue weighted by molar-refractivity contribution is -0.138. The van der Waals surface area contributed by atoms with Crippen LogP contribution in [0.2, 0.25) is 0 Å². The molecule has 1 heterocycles. The highest BCUT2D eigenvalue weighted by Gasteiger charge is 2.33. The summed E-state index contributed by atoms with van der Waals surface area (Å²) in [5.41, 5.74) is -0.887. The normalized spacial score (nSPS) is 12.8. The molecular weight excluding hydrogens is 337 g/mol. The van der Waals surface area contributed by atoms with Gasteiger partial charge in [-0.25, -0.2) is 0 Å². The van der Waals surface area contributed by atoms with Crippen LogP contribution in [0.3, 0.4) is 0 Å². The van der Waals surface area contributed by atoms with Gasteiger partial charge >= 0.3 is 6.18 Å². The topological polar surface area (TPSA) is 38.9 Å². The molecule has 0 aliphatic carbocycles. The van der Waals surface area contributed by atoms with Crippen molar-refractivity contribution in [1.82, 2.24) is 10.2 Å². The quantitative estimate of drug-likeness (QED) is 0.741. The molecular formula is C13H12BrF3N2O. The molecule has 0 bridgehead atoms. The van der Waals surface area contributed by atoms with Crippen molar-refractivity contribution in [3.63, 3.8) is 0 Å². The van der Waals surface area contributed by atoms with Crippen LogP contribution in [0.15, 0.2) is 27.1 Å². The van der Waals surface area contributed by atoms with Crippen LogP contribution < -0.4 is 0 Å². The standard InChI is InChI=1S/C13H12BrF3N2O/c1-12(2,3)11-19-18-10(20-11)7-4-5-9(14)8(6-7)13(15,16)17/h4-6H,1-3H3. The van der Waals surface area contributed by atoms with E-state index in [1.807, 2.05) is 20.8 Å². The fourth-order valence-corrected chi connectivity index (χ4v) is 1.99. The number of alkyl halides is 3. The van der Waals surface area contributed by atoms with Crippen LogP contribution in [-0.4, -0.2) is 10.2 Å². The fraction of sp³-hybridized carbons (Fsp3) is 0.385. The molecule has 0 aliphatic heterocycles. The maximum Gasteiger partial charge on any atom is 0.417 e. The van der Waals surface area contributed by atoms with E-state index in [4.69, 9.17) is 4.42 Å². The molecule has 108 valence electrons. The van der Waals surface area contributed by atoms with Crippen molar-refractivity contribution in [2.24, 2.45) is 0 Å². The minimum Gasteiger partial charge on any atom is -0.420 e. The van der Waals surface area contributed by atoms with Gasteiger partial charge in [-0.15, -0.1) is 10.2 Å². The average Bonchev–Trinajstić information content (AvgIpc) is 2.77. The highest BCUT2D eigenvalue weighted by molar-refractivity contribution is 9.10. The molecule has 0 unspecified atom stereocenters. The van der Waals surface area contributed by atoms with E-state index < -0.39 is 11.7 Å². The van der Waals surface area contributed by atoms with Crippen molar-refractivity contribution in [3.05, 3.63) is 34.1 Å². The van der Waals surface area contributed by atoms with Gasteiger partial charge in [-0.1, -0.05) is 36.7 Å². The maximum absolute atomic E-state index is 12.8. The lowest BCUT2D eigenvalue weighted by Crippen LogP contribution is -2.11. The molecule has 1 aromatic carbocycles. The lowest BCUT2D eigenvalue weighted by Gasteiger charge is -2.11. The summed E-state index contributed by atoms with van der Waals surface area (Å²) < 4.78 is 43.9. The van der Waals surface area contributed by atoms with Gasteiger partial charge in [0, 0.05) is 15.5 Å². The molecule has 2 rings (SSSR count). The Morgan fingerprint density at radius 1 is 1.10 bits per heavy atom. The molecule has 0 N–H and O–H groups in total. The van der Waals surface area contributed by atoms with Crippen LogP contribution in [-0.2, 0) is 11.6 Å². The van der Waals surface area contributed by atoms with Gasteiger partial charge in [0.15, 0.2) is 0 Å². The van der Waals surface area contributed by atoms with E-state index in [0.29, 0.717) is 5.89 Å². The highest BCUT2D eigenvalue weighted by atomic mass is 79.9. The van der Waals surface area contributed by atoms with Crippen molar-refractivity contribution < 1.29 is 17.6 Å². The number of aromatic nitrogens is 2. The lowest BCUT2D eigenvalue weighted by atomic mass is 9.97. The van der Waals surface area contributed by atoms with Gasteiger partial charge in [0.2, 0.25) is 11.8 Å². The monoisotopic (exact) mass is 348 g/mol. The van der Waals surface area contributed by atoms with Crippen molar-refractivity contribution >= 4 is 15.9 Å². The molecule has 0 spiro atoms. The summed E-state index contributed by atoms with van der Waals surface area (Å²) in [6.07, 6.45) is -4.44. The zero-order chi connectivity index (χ0) is 15.1. The first-order valence-electron chi connectivity index (χ1n) is 5.80. The number of benzene rings is 1. The predicted octanol–water partition coefficient (Wildman–Crippen LogP) is 4.82. The van der Waals surface area contributed by atoms with E-state index in [2.05, 4.69) is 26.1 Å². The smallest absolute Gasteiger partial charge is 0.417 e. The van der Waals surface area contributed by atoms with E-state index >= 15 is 0 Å². The SMILES string of the molecule is CC(C)(C)c1nnc(-c2ccc(Br)c(C(F)(F)F)c2)o1. The predicted molar refractivity (Wildman–Crippen MR) is 71.1 cm³/mol. The number of hydrogen-bond acceptors (Lipinski definition) is 3. The third-order valence-electron chi connectivity index (χ3n) is 2.59. The Morgan fingerprint density at radius 3 is 2.25 bits per heavy atom. The van der Waals surface area contributed by atoms with E-state index in [0.717, 1.165) is 6.07 Å². The first-order valence-corrected chi connectivity index (χ1v) is 6.59. The summed E-state index contributed by atoms with van der Waals surface area (Å²) in [7, 11) is 0. The van der Waals surface area contributed by atoms with Crippen molar-refractivity contribution in [2.45, 2.75) is 32.4 Å². The highest BCUT2D eigenvalue weighted by Crippen LogP contribution is 2.37. The molecule has 0 saturated heterocycles. The first kappa shape index (κ1) is 15.0. The zero-order valence-corrected chi connectivity index (χ0v) is 12.6.